The van der Waals surface area contributed by atoms with Crippen molar-refractivity contribution >= 4 is 6.29 Å². The topological polar surface area (TPSA) is 35.5 Å². The number of hydrogen-bond donors (Lipinski definition) is 0. The Bertz CT molecular complexity index is 360. The molecular formula is C12H14O3. The summed E-state index contributed by atoms with van der Waals surface area (Å²) in [6.07, 6.45) is 1.72. The van der Waals surface area contributed by atoms with E-state index in [1.165, 1.54) is 0 Å². The maximum atomic E-state index is 10.5. The van der Waals surface area contributed by atoms with Gasteiger partial charge in [0.15, 0.2) is 11.5 Å². The van der Waals surface area contributed by atoms with Crippen LogP contribution in [0.2, 0.25) is 0 Å². The third-order valence-corrected chi connectivity index (χ3v) is 2.40. The lowest BCUT2D eigenvalue weighted by molar-refractivity contribution is -0.110. The Morgan fingerprint density at radius 2 is 2.07 bits per heavy atom. The van der Waals surface area contributed by atoms with Crippen LogP contribution in [-0.4, -0.2) is 19.5 Å². The van der Waals surface area contributed by atoms with Gasteiger partial charge in [-0.3, -0.25) is 0 Å². The predicted molar refractivity (Wildman–Crippen MR) is 56.4 cm³/mol. The van der Waals surface area contributed by atoms with E-state index in [4.69, 9.17) is 9.47 Å². The van der Waals surface area contributed by atoms with Crippen LogP contribution in [0.15, 0.2) is 18.2 Å². The van der Waals surface area contributed by atoms with Crippen molar-refractivity contribution in [2.75, 3.05) is 13.2 Å². The first kappa shape index (κ1) is 10.0. The molecule has 1 atom stereocenters. The molecule has 0 aromatic heterocycles. The largest absolute Gasteiger partial charge is 0.486 e. The van der Waals surface area contributed by atoms with Crippen LogP contribution in [0.1, 0.15) is 12.5 Å². The molecule has 80 valence electrons. The molecule has 1 aromatic rings. The van der Waals surface area contributed by atoms with Crippen molar-refractivity contribution in [3.8, 4) is 11.5 Å². The molecule has 0 aliphatic carbocycles. The van der Waals surface area contributed by atoms with Crippen LogP contribution in [0.4, 0.5) is 0 Å². The Balaban J connectivity index is 2.16. The molecule has 0 N–H and O–H groups in total. The quantitative estimate of drug-likeness (QED) is 0.708. The molecule has 1 aliphatic rings. The van der Waals surface area contributed by atoms with Gasteiger partial charge in [-0.2, -0.15) is 0 Å². The van der Waals surface area contributed by atoms with E-state index in [1.54, 1.807) is 0 Å². The summed E-state index contributed by atoms with van der Waals surface area (Å²) in [5.74, 6) is 1.63. The Morgan fingerprint density at radius 1 is 1.33 bits per heavy atom. The summed E-state index contributed by atoms with van der Waals surface area (Å²) in [7, 11) is 0. The van der Waals surface area contributed by atoms with E-state index in [0.29, 0.717) is 13.2 Å². The maximum Gasteiger partial charge on any atom is 0.161 e. The van der Waals surface area contributed by atoms with Gasteiger partial charge in [-0.15, -0.1) is 0 Å². The summed E-state index contributed by atoms with van der Waals surface area (Å²) in [4.78, 5) is 10.5. The fourth-order valence-electron chi connectivity index (χ4n) is 1.63. The van der Waals surface area contributed by atoms with Crippen molar-refractivity contribution in [3.05, 3.63) is 23.8 Å². The number of carbonyl (C=O) groups excluding carboxylic acids is 1. The summed E-state index contributed by atoms with van der Waals surface area (Å²) in [6, 6.07) is 5.84. The van der Waals surface area contributed by atoms with Gasteiger partial charge < -0.3 is 14.3 Å². The minimum atomic E-state index is 0.0487. The van der Waals surface area contributed by atoms with Gasteiger partial charge in [-0.05, 0) is 24.1 Å². The van der Waals surface area contributed by atoms with Crippen molar-refractivity contribution in [2.45, 2.75) is 13.3 Å². The van der Waals surface area contributed by atoms with Gasteiger partial charge in [-0.25, -0.2) is 0 Å². The number of ether oxygens (including phenoxy) is 2. The Labute approximate surface area is 89.0 Å². The monoisotopic (exact) mass is 206 g/mol. The maximum absolute atomic E-state index is 10.5. The first-order valence-electron chi connectivity index (χ1n) is 5.13. The molecule has 1 aromatic carbocycles. The molecule has 0 fully saturated rings. The molecule has 3 nitrogen and oxygen atoms in total. The first-order valence-corrected chi connectivity index (χ1v) is 5.13. The molecule has 1 unspecified atom stereocenters. The molecular weight excluding hydrogens is 192 g/mol. The SMILES string of the molecule is CC(C=O)Cc1ccc2c(c1)OCCO2. The number of carbonyl (C=O) groups is 1. The summed E-state index contributed by atoms with van der Waals surface area (Å²) in [5, 5.41) is 0. The highest BCUT2D eigenvalue weighted by atomic mass is 16.6. The van der Waals surface area contributed by atoms with Crippen LogP contribution in [-0.2, 0) is 11.2 Å². The Kier molecular flexibility index (Phi) is 2.90. The van der Waals surface area contributed by atoms with Crippen LogP contribution < -0.4 is 9.47 Å². The molecule has 0 saturated carbocycles. The summed E-state index contributed by atoms with van der Waals surface area (Å²) in [6.45, 7) is 3.11. The summed E-state index contributed by atoms with van der Waals surface area (Å²) < 4.78 is 10.9. The van der Waals surface area contributed by atoms with Gasteiger partial charge in [0.2, 0.25) is 0 Å². The van der Waals surface area contributed by atoms with E-state index in [2.05, 4.69) is 0 Å². The molecule has 0 bridgehead atoms. The van der Waals surface area contributed by atoms with Crippen molar-refractivity contribution in [2.24, 2.45) is 5.92 Å². The number of fused-ring (bicyclic) bond motifs is 1. The second-order valence-electron chi connectivity index (χ2n) is 3.80. The zero-order chi connectivity index (χ0) is 10.7. The molecule has 1 aliphatic heterocycles. The lowest BCUT2D eigenvalue weighted by atomic mass is 10.0. The Hall–Kier alpha value is -1.51. The fraction of sp³-hybridized carbons (Fsp3) is 0.417. The zero-order valence-corrected chi connectivity index (χ0v) is 8.73. The van der Waals surface area contributed by atoms with Crippen molar-refractivity contribution in [1.82, 2.24) is 0 Å². The van der Waals surface area contributed by atoms with Crippen molar-refractivity contribution < 1.29 is 14.3 Å². The molecule has 0 amide bonds. The average molecular weight is 206 g/mol. The van der Waals surface area contributed by atoms with E-state index in [0.717, 1.165) is 29.8 Å². The molecule has 15 heavy (non-hydrogen) atoms. The van der Waals surface area contributed by atoms with E-state index >= 15 is 0 Å². The second-order valence-corrected chi connectivity index (χ2v) is 3.80. The highest BCUT2D eigenvalue weighted by Crippen LogP contribution is 2.31. The molecule has 2 rings (SSSR count). The highest BCUT2D eigenvalue weighted by molar-refractivity contribution is 5.54. The van der Waals surface area contributed by atoms with Crippen LogP contribution in [0.25, 0.3) is 0 Å². The summed E-state index contributed by atoms with van der Waals surface area (Å²) >= 11 is 0. The minimum absolute atomic E-state index is 0.0487. The molecule has 0 radical (unpaired) electrons. The van der Waals surface area contributed by atoms with E-state index < -0.39 is 0 Å². The normalized spacial score (nSPS) is 15.8. The van der Waals surface area contributed by atoms with Gasteiger partial charge in [0.1, 0.15) is 19.5 Å². The van der Waals surface area contributed by atoms with Gasteiger partial charge in [0, 0.05) is 5.92 Å². The Morgan fingerprint density at radius 3 is 2.80 bits per heavy atom. The zero-order valence-electron chi connectivity index (χ0n) is 8.73. The first-order chi connectivity index (χ1) is 7.29. The lowest BCUT2D eigenvalue weighted by Crippen LogP contribution is -2.15. The average Bonchev–Trinajstić information content (AvgIpc) is 2.29. The predicted octanol–water partition coefficient (Wildman–Crippen LogP) is 1.84. The van der Waals surface area contributed by atoms with Crippen LogP contribution >= 0.6 is 0 Å². The number of hydrogen-bond acceptors (Lipinski definition) is 3. The minimum Gasteiger partial charge on any atom is -0.486 e. The second kappa shape index (κ2) is 4.34. The number of rotatable bonds is 3. The van der Waals surface area contributed by atoms with Gasteiger partial charge in [-0.1, -0.05) is 13.0 Å². The van der Waals surface area contributed by atoms with Crippen molar-refractivity contribution in [3.63, 3.8) is 0 Å². The summed E-state index contributed by atoms with van der Waals surface area (Å²) in [5.41, 5.74) is 1.11. The van der Waals surface area contributed by atoms with Crippen LogP contribution in [0.5, 0.6) is 11.5 Å². The third kappa shape index (κ3) is 2.29. The van der Waals surface area contributed by atoms with Crippen molar-refractivity contribution in [1.29, 1.82) is 0 Å². The van der Waals surface area contributed by atoms with Gasteiger partial charge >= 0.3 is 0 Å². The third-order valence-electron chi connectivity index (χ3n) is 2.40. The van der Waals surface area contributed by atoms with E-state index in [-0.39, 0.29) is 5.92 Å². The highest BCUT2D eigenvalue weighted by Gasteiger charge is 2.12. The number of aldehydes is 1. The smallest absolute Gasteiger partial charge is 0.161 e. The lowest BCUT2D eigenvalue weighted by Gasteiger charge is -2.19. The van der Waals surface area contributed by atoms with E-state index in [1.807, 2.05) is 25.1 Å². The molecule has 0 spiro atoms. The van der Waals surface area contributed by atoms with E-state index in [9.17, 15) is 4.79 Å². The molecule has 3 heteroatoms. The molecule has 1 heterocycles. The molecule has 0 saturated heterocycles. The van der Waals surface area contributed by atoms with Crippen LogP contribution in [0.3, 0.4) is 0 Å². The standard InChI is InChI=1S/C12H14O3/c1-9(8-13)6-10-2-3-11-12(7-10)15-5-4-14-11/h2-3,7-9H,4-6H2,1H3. The number of benzene rings is 1. The fourth-order valence-corrected chi connectivity index (χ4v) is 1.63. The van der Waals surface area contributed by atoms with Gasteiger partial charge in [0.25, 0.3) is 0 Å². The van der Waals surface area contributed by atoms with Crippen LogP contribution in [0, 0.1) is 5.92 Å². The van der Waals surface area contributed by atoms with Gasteiger partial charge in [0.05, 0.1) is 0 Å².